The third kappa shape index (κ3) is 3.08. The van der Waals surface area contributed by atoms with E-state index in [2.05, 4.69) is 0 Å². The van der Waals surface area contributed by atoms with E-state index in [0.29, 0.717) is 24.5 Å². The molecule has 1 heterocycles. The molecule has 20 heavy (non-hydrogen) atoms. The molecule has 2 rings (SSSR count). The molecule has 6 heteroatoms. The number of ether oxygens (including phenoxy) is 3. The first-order valence-electron chi connectivity index (χ1n) is 6.64. The summed E-state index contributed by atoms with van der Waals surface area (Å²) in [4.78, 5) is 11.0. The maximum atomic E-state index is 11.4. The van der Waals surface area contributed by atoms with Crippen LogP contribution in [0.15, 0.2) is 12.1 Å². The molecule has 0 saturated carbocycles. The van der Waals surface area contributed by atoms with Gasteiger partial charge in [0.15, 0.2) is 6.29 Å². The second kappa shape index (κ2) is 6.19. The second-order valence-corrected chi connectivity index (χ2v) is 5.04. The summed E-state index contributed by atoms with van der Waals surface area (Å²) in [7, 11) is 0. The number of nitrogens with zero attached hydrogens (tertiary/aromatic N) is 1. The predicted molar refractivity (Wildman–Crippen MR) is 73.1 cm³/mol. The number of nitro groups is 1. The lowest BCUT2D eigenvalue weighted by molar-refractivity contribution is -0.386. The molecule has 110 valence electrons. The minimum atomic E-state index is -0.447. The Morgan fingerprint density at radius 2 is 2.05 bits per heavy atom. The van der Waals surface area contributed by atoms with Gasteiger partial charge >= 0.3 is 5.69 Å². The Morgan fingerprint density at radius 3 is 2.60 bits per heavy atom. The molecular formula is C14H19NO5. The zero-order valence-electron chi connectivity index (χ0n) is 11.9. The van der Waals surface area contributed by atoms with E-state index < -0.39 is 6.29 Å². The highest BCUT2D eigenvalue weighted by Crippen LogP contribution is 2.38. The van der Waals surface area contributed by atoms with Crippen molar-refractivity contribution in [2.24, 2.45) is 0 Å². The van der Waals surface area contributed by atoms with Crippen LogP contribution in [0.3, 0.4) is 0 Å². The van der Waals surface area contributed by atoms with Gasteiger partial charge in [-0.15, -0.1) is 0 Å². The van der Waals surface area contributed by atoms with E-state index in [1.807, 2.05) is 19.9 Å². The van der Waals surface area contributed by atoms with Crippen LogP contribution < -0.4 is 4.74 Å². The average molecular weight is 281 g/mol. The molecule has 1 aromatic carbocycles. The normalized spacial score (nSPS) is 15.8. The van der Waals surface area contributed by atoms with Crippen LogP contribution in [0.4, 0.5) is 5.69 Å². The van der Waals surface area contributed by atoms with Crippen molar-refractivity contribution in [3.63, 3.8) is 0 Å². The van der Waals surface area contributed by atoms with Crippen molar-refractivity contribution >= 4 is 5.69 Å². The maximum Gasteiger partial charge on any atom is 0.314 e. The van der Waals surface area contributed by atoms with Crippen molar-refractivity contribution < 1.29 is 19.1 Å². The molecule has 0 aromatic heterocycles. The van der Waals surface area contributed by atoms with E-state index in [1.54, 1.807) is 13.0 Å². The van der Waals surface area contributed by atoms with Crippen LogP contribution in [0.2, 0.25) is 0 Å². The van der Waals surface area contributed by atoms with Crippen molar-refractivity contribution in [2.75, 3.05) is 19.8 Å². The third-order valence-corrected chi connectivity index (χ3v) is 3.22. The molecule has 0 N–H and O–H groups in total. The Kier molecular flexibility index (Phi) is 4.57. The van der Waals surface area contributed by atoms with Gasteiger partial charge in [-0.05, 0) is 18.4 Å². The maximum absolute atomic E-state index is 11.4. The van der Waals surface area contributed by atoms with Crippen molar-refractivity contribution in [1.29, 1.82) is 0 Å². The van der Waals surface area contributed by atoms with E-state index in [9.17, 15) is 10.1 Å². The molecule has 1 fully saturated rings. The van der Waals surface area contributed by atoms with Crippen LogP contribution in [0.25, 0.3) is 0 Å². The Morgan fingerprint density at radius 1 is 1.40 bits per heavy atom. The lowest BCUT2D eigenvalue weighted by atomic mass is 9.98. The predicted octanol–water partition coefficient (Wildman–Crippen LogP) is 2.78. The van der Waals surface area contributed by atoms with E-state index in [4.69, 9.17) is 14.2 Å². The number of hydrogen-bond donors (Lipinski definition) is 0. The molecule has 0 radical (unpaired) electrons. The summed E-state index contributed by atoms with van der Waals surface area (Å²) in [5, 5.41) is 11.4. The van der Waals surface area contributed by atoms with Gasteiger partial charge in [-0.3, -0.25) is 10.1 Å². The van der Waals surface area contributed by atoms with Crippen molar-refractivity contribution in [2.45, 2.75) is 33.0 Å². The smallest absolute Gasteiger partial charge is 0.314 e. The monoisotopic (exact) mass is 281 g/mol. The third-order valence-electron chi connectivity index (χ3n) is 3.22. The number of benzene rings is 1. The zero-order valence-corrected chi connectivity index (χ0v) is 11.9. The molecule has 6 nitrogen and oxygen atoms in total. The fourth-order valence-electron chi connectivity index (χ4n) is 2.18. The fraction of sp³-hybridized carbons (Fsp3) is 0.571. The first-order valence-corrected chi connectivity index (χ1v) is 6.64. The van der Waals surface area contributed by atoms with Crippen molar-refractivity contribution in [3.8, 4) is 5.75 Å². The van der Waals surface area contributed by atoms with E-state index in [0.717, 1.165) is 5.56 Å². The molecule has 1 aromatic rings. The van der Waals surface area contributed by atoms with Gasteiger partial charge in [0, 0.05) is 5.56 Å². The van der Waals surface area contributed by atoms with Gasteiger partial charge < -0.3 is 14.2 Å². The molecule has 0 spiro atoms. The molecule has 0 unspecified atom stereocenters. The van der Waals surface area contributed by atoms with E-state index >= 15 is 0 Å². The number of rotatable bonds is 5. The SMILES string of the molecule is Cc1ccc(C(C)C)c([N+](=O)[O-])c1OCC1OCCO1. The highest BCUT2D eigenvalue weighted by atomic mass is 16.7. The summed E-state index contributed by atoms with van der Waals surface area (Å²) < 4.78 is 16.2. The minimum absolute atomic E-state index is 0.0398. The molecule has 1 aliphatic rings. The summed E-state index contributed by atoms with van der Waals surface area (Å²) in [6.07, 6.45) is -0.447. The van der Waals surface area contributed by atoms with E-state index in [-0.39, 0.29) is 23.1 Å². The molecule has 0 bridgehead atoms. The standard InChI is InChI=1S/C14H19NO5/c1-9(2)11-5-4-10(3)14(13(11)15(16)17)20-8-12-18-6-7-19-12/h4-5,9,12H,6-8H2,1-3H3. The number of nitro benzene ring substituents is 1. The van der Waals surface area contributed by atoms with Crippen LogP contribution in [-0.2, 0) is 9.47 Å². The van der Waals surface area contributed by atoms with Crippen LogP contribution >= 0.6 is 0 Å². The summed E-state index contributed by atoms with van der Waals surface area (Å²) in [5.41, 5.74) is 1.45. The molecule has 1 saturated heterocycles. The first kappa shape index (κ1) is 14.7. The molecule has 0 amide bonds. The molecule has 0 aliphatic carbocycles. The second-order valence-electron chi connectivity index (χ2n) is 5.04. The van der Waals surface area contributed by atoms with Crippen LogP contribution in [0.1, 0.15) is 30.9 Å². The number of aryl methyl sites for hydroxylation is 1. The first-order chi connectivity index (χ1) is 9.50. The van der Waals surface area contributed by atoms with Gasteiger partial charge in [-0.25, -0.2) is 0 Å². The summed E-state index contributed by atoms with van der Waals surface area (Å²) in [5.74, 6) is 0.359. The largest absolute Gasteiger partial charge is 0.481 e. The van der Waals surface area contributed by atoms with Gasteiger partial charge in [0.25, 0.3) is 0 Å². The van der Waals surface area contributed by atoms with Crippen LogP contribution in [-0.4, -0.2) is 31.0 Å². The molecule has 0 atom stereocenters. The van der Waals surface area contributed by atoms with E-state index in [1.165, 1.54) is 0 Å². The Hall–Kier alpha value is -1.66. The van der Waals surface area contributed by atoms with Gasteiger partial charge in [0.1, 0.15) is 6.61 Å². The lowest BCUT2D eigenvalue weighted by Gasteiger charge is -2.15. The summed E-state index contributed by atoms with van der Waals surface area (Å²) in [6.45, 7) is 6.85. The fourth-order valence-corrected chi connectivity index (χ4v) is 2.18. The molecule has 1 aliphatic heterocycles. The Labute approximate surface area is 117 Å². The average Bonchev–Trinajstić information content (AvgIpc) is 2.89. The highest BCUT2D eigenvalue weighted by Gasteiger charge is 2.26. The summed E-state index contributed by atoms with van der Waals surface area (Å²) >= 11 is 0. The van der Waals surface area contributed by atoms with Gasteiger partial charge in [-0.1, -0.05) is 26.0 Å². The zero-order chi connectivity index (χ0) is 14.7. The Bertz CT molecular complexity index is 495. The van der Waals surface area contributed by atoms with Crippen LogP contribution in [0, 0.1) is 17.0 Å². The van der Waals surface area contributed by atoms with Crippen molar-refractivity contribution in [1.82, 2.24) is 0 Å². The minimum Gasteiger partial charge on any atom is -0.481 e. The highest BCUT2D eigenvalue weighted by molar-refractivity contribution is 5.58. The van der Waals surface area contributed by atoms with Gasteiger partial charge in [0.05, 0.1) is 18.1 Å². The quantitative estimate of drug-likeness (QED) is 0.613. The van der Waals surface area contributed by atoms with Crippen molar-refractivity contribution in [3.05, 3.63) is 33.4 Å². The molecular weight excluding hydrogens is 262 g/mol. The summed E-state index contributed by atoms with van der Waals surface area (Å²) in [6, 6.07) is 3.63. The van der Waals surface area contributed by atoms with Gasteiger partial charge in [-0.2, -0.15) is 0 Å². The topological polar surface area (TPSA) is 70.8 Å². The van der Waals surface area contributed by atoms with Crippen LogP contribution in [0.5, 0.6) is 5.75 Å². The Balaban J connectivity index is 2.28. The number of hydrogen-bond acceptors (Lipinski definition) is 5. The lowest BCUT2D eigenvalue weighted by Crippen LogP contribution is -2.19. The van der Waals surface area contributed by atoms with Gasteiger partial charge in [0.2, 0.25) is 5.75 Å².